The lowest BCUT2D eigenvalue weighted by molar-refractivity contribution is -0.115. The van der Waals surface area contributed by atoms with E-state index >= 15 is 0 Å². The van der Waals surface area contributed by atoms with Gasteiger partial charge < -0.3 is 24.8 Å². The first-order chi connectivity index (χ1) is 21.8. The van der Waals surface area contributed by atoms with Crippen molar-refractivity contribution in [2.75, 3.05) is 25.6 Å². The zero-order valence-electron chi connectivity index (χ0n) is 25.5. The van der Waals surface area contributed by atoms with Gasteiger partial charge in [0.25, 0.3) is 5.91 Å². The van der Waals surface area contributed by atoms with E-state index < -0.39 is 11.2 Å². The summed E-state index contributed by atoms with van der Waals surface area (Å²) < 4.78 is 18.0. The number of anilines is 1. The Labute approximate surface area is 269 Å². The van der Waals surface area contributed by atoms with Crippen molar-refractivity contribution < 1.29 is 28.6 Å². The van der Waals surface area contributed by atoms with Gasteiger partial charge in [-0.25, -0.2) is 4.79 Å². The molecule has 2 aromatic carbocycles. The van der Waals surface area contributed by atoms with Crippen LogP contribution in [0.2, 0.25) is 0 Å². The van der Waals surface area contributed by atoms with E-state index in [1.165, 1.54) is 30.2 Å². The second kappa shape index (κ2) is 14.6. The van der Waals surface area contributed by atoms with Gasteiger partial charge in [-0.05, 0) is 82.0 Å². The highest BCUT2D eigenvalue weighted by atomic mass is 32.2. The average Bonchev–Trinajstić information content (AvgIpc) is 3.75. The molecule has 2 aromatic heterocycles. The fraction of sp³-hybridized carbons (Fsp3) is 0.344. The summed E-state index contributed by atoms with van der Waals surface area (Å²) in [4.78, 5) is 40.4. The SMILES string of the molecule is CCOC(=O)c1c(NC(=O)C(C)Sc2nnc(CNC(=O)c3ccccc3OC)n2-c2ccc(OCC)cc2)sc2c1CCC2. The number of aromatic nitrogens is 3. The molecule has 0 bridgehead atoms. The van der Waals surface area contributed by atoms with E-state index in [1.807, 2.05) is 31.2 Å². The van der Waals surface area contributed by atoms with Crippen LogP contribution in [-0.2, 0) is 28.9 Å². The van der Waals surface area contributed by atoms with E-state index in [0.29, 0.717) is 45.2 Å². The third-order valence-electron chi connectivity index (χ3n) is 7.15. The summed E-state index contributed by atoms with van der Waals surface area (Å²) in [6.07, 6.45) is 2.66. The van der Waals surface area contributed by atoms with Crippen LogP contribution in [0.5, 0.6) is 11.5 Å². The molecule has 1 aliphatic carbocycles. The summed E-state index contributed by atoms with van der Waals surface area (Å²) in [5.74, 6) is 0.622. The van der Waals surface area contributed by atoms with Crippen molar-refractivity contribution in [3.63, 3.8) is 0 Å². The van der Waals surface area contributed by atoms with Crippen molar-refractivity contribution in [1.29, 1.82) is 0 Å². The van der Waals surface area contributed by atoms with Gasteiger partial charge in [-0.15, -0.1) is 21.5 Å². The Kier molecular flexibility index (Phi) is 10.4. The fourth-order valence-electron chi connectivity index (χ4n) is 5.03. The Hall–Kier alpha value is -4.36. The molecule has 0 saturated heterocycles. The summed E-state index contributed by atoms with van der Waals surface area (Å²) in [7, 11) is 1.51. The van der Waals surface area contributed by atoms with Gasteiger partial charge in [0.1, 0.15) is 16.5 Å². The highest BCUT2D eigenvalue weighted by molar-refractivity contribution is 8.00. The summed E-state index contributed by atoms with van der Waals surface area (Å²) >= 11 is 2.66. The smallest absolute Gasteiger partial charge is 0.341 e. The van der Waals surface area contributed by atoms with Gasteiger partial charge in [-0.2, -0.15) is 0 Å². The first-order valence-corrected chi connectivity index (χ1v) is 16.4. The van der Waals surface area contributed by atoms with Gasteiger partial charge in [-0.1, -0.05) is 23.9 Å². The number of para-hydroxylation sites is 1. The molecule has 1 atom stereocenters. The van der Waals surface area contributed by atoms with Crippen LogP contribution in [0.4, 0.5) is 5.00 Å². The van der Waals surface area contributed by atoms with Crippen molar-refractivity contribution in [1.82, 2.24) is 20.1 Å². The topological polar surface area (TPSA) is 134 Å². The van der Waals surface area contributed by atoms with Crippen LogP contribution in [0.3, 0.4) is 0 Å². The average molecular weight is 650 g/mol. The minimum absolute atomic E-state index is 0.0713. The molecule has 0 radical (unpaired) electrons. The molecular formula is C32H35N5O6S2. The molecule has 0 spiro atoms. The summed E-state index contributed by atoms with van der Waals surface area (Å²) in [6, 6.07) is 14.4. The van der Waals surface area contributed by atoms with Crippen LogP contribution in [0, 0.1) is 0 Å². The van der Waals surface area contributed by atoms with Crippen LogP contribution in [-0.4, -0.2) is 58.1 Å². The number of thiophene rings is 1. The molecule has 2 N–H and O–H groups in total. The second-order valence-corrected chi connectivity index (χ2v) is 12.5. The molecule has 2 heterocycles. The molecular weight excluding hydrogens is 615 g/mol. The van der Waals surface area contributed by atoms with Gasteiger partial charge in [-0.3, -0.25) is 14.2 Å². The molecule has 1 unspecified atom stereocenters. The Morgan fingerprint density at radius 1 is 1.04 bits per heavy atom. The van der Waals surface area contributed by atoms with Crippen LogP contribution in [0.25, 0.3) is 5.69 Å². The lowest BCUT2D eigenvalue weighted by Crippen LogP contribution is -2.25. The number of amides is 2. The number of esters is 1. The lowest BCUT2D eigenvalue weighted by Gasteiger charge is -2.15. The zero-order chi connectivity index (χ0) is 31.9. The quantitative estimate of drug-likeness (QED) is 0.143. The maximum atomic E-state index is 13.5. The summed E-state index contributed by atoms with van der Waals surface area (Å²) in [6.45, 7) is 6.31. The monoisotopic (exact) mass is 649 g/mol. The van der Waals surface area contributed by atoms with Crippen molar-refractivity contribution in [2.45, 2.75) is 57.0 Å². The van der Waals surface area contributed by atoms with E-state index in [1.54, 1.807) is 42.7 Å². The number of thioether (sulfide) groups is 1. The van der Waals surface area contributed by atoms with Crippen molar-refractivity contribution in [3.05, 3.63) is 75.9 Å². The zero-order valence-corrected chi connectivity index (χ0v) is 27.2. The number of hydrogen-bond acceptors (Lipinski definition) is 10. The van der Waals surface area contributed by atoms with E-state index in [2.05, 4.69) is 20.8 Å². The third-order valence-corrected chi connectivity index (χ3v) is 9.40. The number of methoxy groups -OCH3 is 1. The van der Waals surface area contributed by atoms with Crippen LogP contribution in [0.15, 0.2) is 53.7 Å². The van der Waals surface area contributed by atoms with E-state index in [0.717, 1.165) is 35.4 Å². The molecule has 5 rings (SSSR count). The molecule has 0 saturated carbocycles. The number of benzene rings is 2. The minimum Gasteiger partial charge on any atom is -0.496 e. The molecule has 13 heteroatoms. The standard InChI is InChI=1S/C32H35N5O6S2/c1-5-42-21-16-14-20(15-17-21)37-26(18-33-29(39)22-10-7-8-12-24(22)41-4)35-36-32(37)44-19(3)28(38)34-30-27(31(40)43-6-2)23-11-9-13-25(23)45-30/h7-8,10,12,14-17,19H,5-6,9,11,13,18H2,1-4H3,(H,33,39)(H,34,38). The predicted molar refractivity (Wildman–Crippen MR) is 173 cm³/mol. The number of nitrogens with zero attached hydrogens (tertiary/aromatic N) is 3. The highest BCUT2D eigenvalue weighted by Crippen LogP contribution is 2.40. The van der Waals surface area contributed by atoms with E-state index in [-0.39, 0.29) is 25.0 Å². The number of nitrogens with one attached hydrogen (secondary N) is 2. The Morgan fingerprint density at radius 3 is 2.56 bits per heavy atom. The number of rotatable bonds is 13. The predicted octanol–water partition coefficient (Wildman–Crippen LogP) is 5.45. The highest BCUT2D eigenvalue weighted by Gasteiger charge is 2.30. The lowest BCUT2D eigenvalue weighted by atomic mass is 10.1. The number of ether oxygens (including phenoxy) is 3. The van der Waals surface area contributed by atoms with Gasteiger partial charge in [0, 0.05) is 10.6 Å². The van der Waals surface area contributed by atoms with Gasteiger partial charge >= 0.3 is 5.97 Å². The normalized spacial score (nSPS) is 12.7. The van der Waals surface area contributed by atoms with Crippen molar-refractivity contribution >= 4 is 45.9 Å². The number of aryl methyl sites for hydroxylation is 1. The molecule has 236 valence electrons. The molecule has 45 heavy (non-hydrogen) atoms. The molecule has 0 aliphatic heterocycles. The fourth-order valence-corrected chi connectivity index (χ4v) is 7.20. The first-order valence-electron chi connectivity index (χ1n) is 14.7. The summed E-state index contributed by atoms with van der Waals surface area (Å²) in [5.41, 5.74) is 2.57. The van der Waals surface area contributed by atoms with Crippen LogP contribution in [0.1, 0.15) is 64.2 Å². The molecule has 2 amide bonds. The van der Waals surface area contributed by atoms with Gasteiger partial charge in [0.15, 0.2) is 11.0 Å². The summed E-state index contributed by atoms with van der Waals surface area (Å²) in [5, 5.41) is 15.0. The Balaban J connectivity index is 1.38. The molecule has 4 aromatic rings. The number of carbonyl (C=O) groups is 3. The van der Waals surface area contributed by atoms with Gasteiger partial charge in [0.2, 0.25) is 5.91 Å². The number of hydrogen-bond donors (Lipinski definition) is 2. The Morgan fingerprint density at radius 2 is 1.82 bits per heavy atom. The number of carbonyl (C=O) groups excluding carboxylic acids is 3. The van der Waals surface area contributed by atoms with E-state index in [9.17, 15) is 14.4 Å². The molecule has 1 aliphatic rings. The third kappa shape index (κ3) is 7.15. The largest absolute Gasteiger partial charge is 0.496 e. The van der Waals surface area contributed by atoms with Gasteiger partial charge in [0.05, 0.1) is 43.2 Å². The minimum atomic E-state index is -0.598. The molecule has 0 fully saturated rings. The Bertz CT molecular complexity index is 1680. The van der Waals surface area contributed by atoms with E-state index in [4.69, 9.17) is 14.2 Å². The van der Waals surface area contributed by atoms with Crippen molar-refractivity contribution in [2.24, 2.45) is 0 Å². The first kappa shape index (κ1) is 32.0. The second-order valence-electron chi connectivity index (χ2n) is 10.1. The van der Waals surface area contributed by atoms with Crippen LogP contribution < -0.4 is 20.1 Å². The number of fused-ring (bicyclic) bond motifs is 1. The van der Waals surface area contributed by atoms with Crippen LogP contribution >= 0.6 is 23.1 Å². The maximum Gasteiger partial charge on any atom is 0.341 e. The molecule has 11 nitrogen and oxygen atoms in total. The van der Waals surface area contributed by atoms with Crippen molar-refractivity contribution in [3.8, 4) is 17.2 Å². The maximum absolute atomic E-state index is 13.5.